The maximum atomic E-state index is 12.8. The van der Waals surface area contributed by atoms with Crippen LogP contribution in [0.4, 0.5) is 0 Å². The molecule has 0 N–H and O–H groups in total. The van der Waals surface area contributed by atoms with Crippen molar-refractivity contribution in [2.75, 3.05) is 6.61 Å². The summed E-state index contributed by atoms with van der Waals surface area (Å²) in [6.45, 7) is 1.70. The molecule has 4 atom stereocenters. The van der Waals surface area contributed by atoms with E-state index >= 15 is 0 Å². The van der Waals surface area contributed by atoms with E-state index in [1.807, 2.05) is 152 Å². The number of hydrogen-bond acceptors (Lipinski definition) is 6. The van der Waals surface area contributed by atoms with E-state index in [1.165, 1.54) is 0 Å². The maximum absolute atomic E-state index is 12.8. The predicted octanol–water partition coefficient (Wildman–Crippen LogP) is 7.74. The van der Waals surface area contributed by atoms with Crippen LogP contribution in [0.2, 0.25) is 0 Å². The van der Waals surface area contributed by atoms with Gasteiger partial charge in [-0.05, 0) is 27.8 Å². The minimum Gasteiger partial charge on any atom is -0.374 e. The van der Waals surface area contributed by atoms with Crippen LogP contribution in [0.1, 0.15) is 27.8 Å². The second-order valence-electron chi connectivity index (χ2n) is 11.3. The average Bonchev–Trinajstić information content (AvgIpc) is 3.14. The largest absolute Gasteiger partial charge is 0.374 e. The number of aldehydes is 1. The number of hydrogen-bond donors (Lipinski definition) is 0. The van der Waals surface area contributed by atoms with Gasteiger partial charge < -0.3 is 28.5 Å². The standard InChI is InChI=1S/C41H42O6/c42-26-38(44-28-34-18-8-2-9-19-34)40(46-30-36-22-12-4-13-23-36)41(47-31-37-24-14-5-15-25-37)39(45-29-35-20-10-3-11-21-35)32-43-27-33-16-6-1-7-17-33/h1-26,38-41H,27-32H2/t38-,39-,40-,41-/m1/s1. The molecule has 5 aromatic carbocycles. The lowest BCUT2D eigenvalue weighted by molar-refractivity contribution is -0.197. The van der Waals surface area contributed by atoms with E-state index in [1.54, 1.807) is 0 Å². The Hall–Kier alpha value is -4.43. The Balaban J connectivity index is 1.45. The number of benzene rings is 5. The molecule has 5 aromatic rings. The Morgan fingerprint density at radius 2 is 0.745 bits per heavy atom. The molecule has 0 heterocycles. The summed E-state index contributed by atoms with van der Waals surface area (Å²) in [5, 5.41) is 0. The van der Waals surface area contributed by atoms with Crippen LogP contribution in [0.5, 0.6) is 0 Å². The first kappa shape index (κ1) is 33.9. The normalized spacial score (nSPS) is 13.8. The molecule has 0 unspecified atom stereocenters. The topological polar surface area (TPSA) is 63.2 Å². The molecule has 0 aliphatic carbocycles. The quantitative estimate of drug-likeness (QED) is 0.0820. The van der Waals surface area contributed by atoms with E-state index in [0.29, 0.717) is 13.2 Å². The minimum absolute atomic E-state index is 0.205. The van der Waals surface area contributed by atoms with E-state index < -0.39 is 24.4 Å². The minimum atomic E-state index is -0.948. The van der Waals surface area contributed by atoms with Gasteiger partial charge in [-0.2, -0.15) is 0 Å². The SMILES string of the molecule is O=C[C@@H](OCc1ccccc1)[C@@H](OCc1ccccc1)[C@H](OCc1ccccc1)[C@@H](COCc1ccccc1)OCc1ccccc1. The van der Waals surface area contributed by atoms with E-state index in [9.17, 15) is 4.79 Å². The van der Waals surface area contributed by atoms with Crippen molar-refractivity contribution in [3.8, 4) is 0 Å². The number of ether oxygens (including phenoxy) is 5. The molecule has 0 amide bonds. The molecule has 0 aromatic heterocycles. The Morgan fingerprint density at radius 1 is 0.404 bits per heavy atom. The molecule has 0 bridgehead atoms. The molecule has 6 heteroatoms. The zero-order valence-electron chi connectivity index (χ0n) is 26.5. The smallest absolute Gasteiger partial charge is 0.151 e. The maximum Gasteiger partial charge on any atom is 0.151 e. The third-order valence-electron chi connectivity index (χ3n) is 7.70. The van der Waals surface area contributed by atoms with Crippen LogP contribution in [0.3, 0.4) is 0 Å². The van der Waals surface area contributed by atoms with Crippen molar-refractivity contribution in [1.29, 1.82) is 0 Å². The molecule has 0 saturated carbocycles. The van der Waals surface area contributed by atoms with Crippen molar-refractivity contribution in [1.82, 2.24) is 0 Å². The molecule has 0 saturated heterocycles. The Bertz CT molecular complexity index is 1530. The van der Waals surface area contributed by atoms with E-state index in [4.69, 9.17) is 23.7 Å². The van der Waals surface area contributed by atoms with Gasteiger partial charge >= 0.3 is 0 Å². The molecule has 0 radical (unpaired) electrons. The first-order chi connectivity index (χ1) is 23.3. The molecular weight excluding hydrogens is 588 g/mol. The zero-order chi connectivity index (χ0) is 32.4. The highest BCUT2D eigenvalue weighted by molar-refractivity contribution is 5.57. The third-order valence-corrected chi connectivity index (χ3v) is 7.70. The fourth-order valence-electron chi connectivity index (χ4n) is 5.18. The highest BCUT2D eigenvalue weighted by atomic mass is 16.6. The molecule has 6 nitrogen and oxygen atoms in total. The second kappa shape index (κ2) is 19.3. The molecule has 0 spiro atoms. The van der Waals surface area contributed by atoms with E-state index in [0.717, 1.165) is 34.1 Å². The molecule has 0 aliphatic heterocycles. The van der Waals surface area contributed by atoms with Crippen molar-refractivity contribution < 1.29 is 28.5 Å². The summed E-state index contributed by atoms with van der Waals surface area (Å²) in [6, 6.07) is 49.5. The van der Waals surface area contributed by atoms with Gasteiger partial charge in [-0.15, -0.1) is 0 Å². The van der Waals surface area contributed by atoms with Gasteiger partial charge in [-0.3, -0.25) is 0 Å². The van der Waals surface area contributed by atoms with Crippen LogP contribution >= 0.6 is 0 Å². The summed E-state index contributed by atoms with van der Waals surface area (Å²) in [5.74, 6) is 0. The van der Waals surface area contributed by atoms with Crippen LogP contribution in [-0.4, -0.2) is 37.3 Å². The summed E-state index contributed by atoms with van der Waals surface area (Å²) in [4.78, 5) is 12.8. The molecule has 0 aliphatic rings. The van der Waals surface area contributed by atoms with Crippen molar-refractivity contribution in [3.63, 3.8) is 0 Å². The van der Waals surface area contributed by atoms with Gasteiger partial charge in [0.15, 0.2) is 6.29 Å². The van der Waals surface area contributed by atoms with Crippen LogP contribution < -0.4 is 0 Å². The summed E-state index contributed by atoms with van der Waals surface area (Å²) in [6.07, 6.45) is -2.30. The fraction of sp³-hybridized carbons (Fsp3) is 0.244. The van der Waals surface area contributed by atoms with Crippen LogP contribution in [0, 0.1) is 0 Å². The summed E-state index contributed by atoms with van der Waals surface area (Å²) >= 11 is 0. The Morgan fingerprint density at radius 3 is 1.15 bits per heavy atom. The van der Waals surface area contributed by atoms with Crippen LogP contribution in [0.15, 0.2) is 152 Å². The highest BCUT2D eigenvalue weighted by Crippen LogP contribution is 2.23. The summed E-state index contributed by atoms with van der Waals surface area (Å²) in [5.41, 5.74) is 4.96. The van der Waals surface area contributed by atoms with Crippen molar-refractivity contribution in [2.45, 2.75) is 57.5 Å². The van der Waals surface area contributed by atoms with Gasteiger partial charge in [0.25, 0.3) is 0 Å². The lowest BCUT2D eigenvalue weighted by Crippen LogP contribution is -2.51. The number of rotatable bonds is 20. The molecule has 0 fully saturated rings. The van der Waals surface area contributed by atoms with E-state index in [-0.39, 0.29) is 26.4 Å². The highest BCUT2D eigenvalue weighted by Gasteiger charge is 2.39. The van der Waals surface area contributed by atoms with Gasteiger partial charge in [0.1, 0.15) is 24.4 Å². The van der Waals surface area contributed by atoms with Crippen LogP contribution in [0.25, 0.3) is 0 Å². The summed E-state index contributed by atoms with van der Waals surface area (Å²) < 4.78 is 32.5. The molecule has 5 rings (SSSR count). The first-order valence-corrected chi connectivity index (χ1v) is 16.0. The van der Waals surface area contributed by atoms with Crippen molar-refractivity contribution >= 4 is 6.29 Å². The van der Waals surface area contributed by atoms with Gasteiger partial charge in [0.2, 0.25) is 0 Å². The van der Waals surface area contributed by atoms with Crippen LogP contribution in [-0.2, 0) is 61.5 Å². The third kappa shape index (κ3) is 11.4. The monoisotopic (exact) mass is 630 g/mol. The van der Waals surface area contributed by atoms with Gasteiger partial charge in [0.05, 0.1) is 39.6 Å². The molecular formula is C41H42O6. The lowest BCUT2D eigenvalue weighted by atomic mass is 10.0. The van der Waals surface area contributed by atoms with Crippen molar-refractivity contribution in [2.24, 2.45) is 0 Å². The number of carbonyl (C=O) groups is 1. The average molecular weight is 631 g/mol. The number of carbonyl (C=O) groups excluding carboxylic acids is 1. The van der Waals surface area contributed by atoms with Crippen molar-refractivity contribution in [3.05, 3.63) is 179 Å². The van der Waals surface area contributed by atoms with Gasteiger partial charge in [-0.25, -0.2) is 0 Å². The zero-order valence-corrected chi connectivity index (χ0v) is 26.5. The Labute approximate surface area is 277 Å². The van der Waals surface area contributed by atoms with E-state index in [2.05, 4.69) is 0 Å². The lowest BCUT2D eigenvalue weighted by Gasteiger charge is -2.36. The predicted molar refractivity (Wildman–Crippen MR) is 182 cm³/mol. The first-order valence-electron chi connectivity index (χ1n) is 16.0. The second-order valence-corrected chi connectivity index (χ2v) is 11.3. The van der Waals surface area contributed by atoms with Gasteiger partial charge in [0, 0.05) is 0 Å². The molecule has 242 valence electrons. The fourth-order valence-corrected chi connectivity index (χ4v) is 5.18. The molecule has 47 heavy (non-hydrogen) atoms. The Kier molecular flexibility index (Phi) is 13.9. The van der Waals surface area contributed by atoms with Gasteiger partial charge in [-0.1, -0.05) is 152 Å². The summed E-state index contributed by atoms with van der Waals surface area (Å²) in [7, 11) is 0.